The normalized spacial score (nSPS) is 10.9. The molecular weight excluding hydrogens is 360 g/mol. The quantitative estimate of drug-likeness (QED) is 0.508. The molecule has 124 valence electrons. The summed E-state index contributed by atoms with van der Waals surface area (Å²) in [4.78, 5) is 25.1. The molecule has 1 heterocycles. The molecule has 4 nitrogen and oxygen atoms in total. The zero-order valence-corrected chi connectivity index (χ0v) is 15.1. The smallest absolute Gasteiger partial charge is 0.345 e. The highest BCUT2D eigenvalue weighted by atomic mass is 79.9. The number of carbonyl (C=O) groups is 1. The fraction of sp³-hybridized carbons (Fsp3) is 0.444. The molecule has 0 radical (unpaired) electrons. The molecule has 0 atom stereocenters. The van der Waals surface area contributed by atoms with Crippen LogP contribution in [-0.4, -0.2) is 12.6 Å². The van der Waals surface area contributed by atoms with Gasteiger partial charge in [-0.05, 0) is 31.0 Å². The van der Waals surface area contributed by atoms with Gasteiger partial charge in [0.15, 0.2) is 0 Å². The minimum Gasteiger partial charge on any atom is -0.462 e. The summed E-state index contributed by atoms with van der Waals surface area (Å²) in [6.07, 6.45) is 4.05. The molecule has 1 aromatic carbocycles. The Morgan fingerprint density at radius 1 is 1.22 bits per heavy atom. The van der Waals surface area contributed by atoms with Gasteiger partial charge in [0.25, 0.3) is 0 Å². The predicted molar refractivity (Wildman–Crippen MR) is 94.0 cm³/mol. The summed E-state index contributed by atoms with van der Waals surface area (Å²) in [5.41, 5.74) is 0.217. The number of unbranched alkanes of at least 4 members (excludes halogenated alkanes) is 2. The van der Waals surface area contributed by atoms with Gasteiger partial charge in [0.1, 0.15) is 16.9 Å². The SMILES string of the molecule is CCCCOC(=O)c1c(CCCC)oc2ccc(Br)cc2c1=O. The van der Waals surface area contributed by atoms with Crippen LogP contribution in [0.5, 0.6) is 0 Å². The number of benzene rings is 1. The van der Waals surface area contributed by atoms with Crippen LogP contribution < -0.4 is 5.43 Å². The van der Waals surface area contributed by atoms with Gasteiger partial charge in [-0.2, -0.15) is 0 Å². The third kappa shape index (κ3) is 4.22. The van der Waals surface area contributed by atoms with Crippen LogP contribution in [0.2, 0.25) is 0 Å². The van der Waals surface area contributed by atoms with Gasteiger partial charge in [-0.25, -0.2) is 4.79 Å². The number of hydrogen-bond donors (Lipinski definition) is 0. The van der Waals surface area contributed by atoms with Gasteiger partial charge in [0.05, 0.1) is 12.0 Å². The second-order valence-corrected chi connectivity index (χ2v) is 6.38. The standard InChI is InChI=1S/C18H21BrO4/c1-3-5-7-15-16(18(21)22-10-6-4-2)17(20)13-11-12(19)8-9-14(13)23-15/h8-9,11H,3-7,10H2,1-2H3. The number of rotatable bonds is 7. The molecule has 0 saturated carbocycles. The van der Waals surface area contributed by atoms with Crippen LogP contribution in [0.1, 0.15) is 55.6 Å². The molecule has 0 aliphatic carbocycles. The molecule has 0 fully saturated rings. The number of carbonyl (C=O) groups excluding carboxylic acids is 1. The Balaban J connectivity index is 2.51. The van der Waals surface area contributed by atoms with Gasteiger partial charge in [0.2, 0.25) is 5.43 Å². The van der Waals surface area contributed by atoms with Crippen molar-refractivity contribution in [1.29, 1.82) is 0 Å². The maximum absolute atomic E-state index is 12.8. The molecule has 2 aromatic rings. The maximum Gasteiger partial charge on any atom is 0.345 e. The van der Waals surface area contributed by atoms with Crippen molar-refractivity contribution in [3.8, 4) is 0 Å². The molecule has 0 spiro atoms. The van der Waals surface area contributed by atoms with Gasteiger partial charge < -0.3 is 9.15 Å². The van der Waals surface area contributed by atoms with E-state index in [-0.39, 0.29) is 11.0 Å². The van der Waals surface area contributed by atoms with Crippen LogP contribution in [0, 0.1) is 0 Å². The number of hydrogen-bond acceptors (Lipinski definition) is 4. The van der Waals surface area contributed by atoms with Gasteiger partial charge in [-0.15, -0.1) is 0 Å². The Labute approximate surface area is 144 Å². The second-order valence-electron chi connectivity index (χ2n) is 5.46. The van der Waals surface area contributed by atoms with E-state index in [1.54, 1.807) is 12.1 Å². The third-order valence-corrected chi connectivity index (χ3v) is 4.11. The van der Waals surface area contributed by atoms with Crippen LogP contribution in [0.15, 0.2) is 31.9 Å². The molecule has 5 heteroatoms. The molecule has 0 amide bonds. The van der Waals surface area contributed by atoms with E-state index in [9.17, 15) is 9.59 Å². The summed E-state index contributed by atoms with van der Waals surface area (Å²) >= 11 is 3.34. The van der Waals surface area contributed by atoms with Crippen molar-refractivity contribution < 1.29 is 13.9 Å². The molecule has 0 saturated heterocycles. The molecule has 0 aliphatic rings. The summed E-state index contributed by atoms with van der Waals surface area (Å²) in [5, 5.41) is 0.391. The first-order valence-electron chi connectivity index (χ1n) is 8.00. The van der Waals surface area contributed by atoms with Crippen LogP contribution in [0.3, 0.4) is 0 Å². The van der Waals surface area contributed by atoms with Crippen molar-refractivity contribution in [2.24, 2.45) is 0 Å². The molecule has 23 heavy (non-hydrogen) atoms. The predicted octanol–water partition coefficient (Wildman–Crippen LogP) is 4.86. The van der Waals surface area contributed by atoms with Crippen LogP contribution in [-0.2, 0) is 11.2 Å². The number of esters is 1. The van der Waals surface area contributed by atoms with E-state index in [0.29, 0.717) is 29.8 Å². The van der Waals surface area contributed by atoms with E-state index in [1.807, 2.05) is 13.0 Å². The molecule has 0 unspecified atom stereocenters. The fourth-order valence-electron chi connectivity index (χ4n) is 2.31. The van der Waals surface area contributed by atoms with Gasteiger partial charge in [0, 0.05) is 10.9 Å². The minimum absolute atomic E-state index is 0.0418. The van der Waals surface area contributed by atoms with E-state index >= 15 is 0 Å². The summed E-state index contributed by atoms with van der Waals surface area (Å²) in [7, 11) is 0. The Bertz CT molecular complexity index is 749. The number of ether oxygens (including phenoxy) is 1. The summed E-state index contributed by atoms with van der Waals surface area (Å²) in [5.74, 6) is -0.159. The van der Waals surface area contributed by atoms with Gasteiger partial charge >= 0.3 is 5.97 Å². The number of halogens is 1. The highest BCUT2D eigenvalue weighted by Crippen LogP contribution is 2.22. The van der Waals surface area contributed by atoms with Crippen molar-refractivity contribution in [1.82, 2.24) is 0 Å². The van der Waals surface area contributed by atoms with Crippen molar-refractivity contribution >= 4 is 32.9 Å². The highest BCUT2D eigenvalue weighted by molar-refractivity contribution is 9.10. The fourth-order valence-corrected chi connectivity index (χ4v) is 2.68. The van der Waals surface area contributed by atoms with Gasteiger partial charge in [-0.1, -0.05) is 42.6 Å². The van der Waals surface area contributed by atoms with Crippen molar-refractivity contribution in [3.05, 3.63) is 44.2 Å². The Kier molecular flexibility index (Phi) is 6.39. The second kappa shape index (κ2) is 8.29. The number of aryl methyl sites for hydroxylation is 1. The highest BCUT2D eigenvalue weighted by Gasteiger charge is 2.22. The molecular formula is C18H21BrO4. The van der Waals surface area contributed by atoms with Crippen molar-refractivity contribution in [2.45, 2.75) is 46.0 Å². The molecule has 0 N–H and O–H groups in total. The lowest BCUT2D eigenvalue weighted by Crippen LogP contribution is -2.21. The zero-order valence-electron chi connectivity index (χ0n) is 13.5. The number of fused-ring (bicyclic) bond motifs is 1. The first kappa shape index (κ1) is 17.7. The first-order chi connectivity index (χ1) is 11.1. The van der Waals surface area contributed by atoms with E-state index < -0.39 is 5.97 Å². The molecule has 0 aliphatic heterocycles. The lowest BCUT2D eigenvalue weighted by atomic mass is 10.1. The van der Waals surface area contributed by atoms with Gasteiger partial charge in [-0.3, -0.25) is 4.79 Å². The van der Waals surface area contributed by atoms with E-state index in [1.165, 1.54) is 0 Å². The monoisotopic (exact) mass is 380 g/mol. The first-order valence-corrected chi connectivity index (χ1v) is 8.80. The average molecular weight is 381 g/mol. The summed E-state index contributed by atoms with van der Waals surface area (Å²) < 4.78 is 11.8. The third-order valence-electron chi connectivity index (χ3n) is 3.62. The lowest BCUT2D eigenvalue weighted by molar-refractivity contribution is 0.0494. The Morgan fingerprint density at radius 2 is 1.96 bits per heavy atom. The van der Waals surface area contributed by atoms with Crippen LogP contribution in [0.25, 0.3) is 11.0 Å². The van der Waals surface area contributed by atoms with Crippen LogP contribution >= 0.6 is 15.9 Å². The summed E-state index contributed by atoms with van der Waals surface area (Å²) in [6, 6.07) is 5.23. The van der Waals surface area contributed by atoms with E-state index in [0.717, 1.165) is 30.2 Å². The molecule has 0 bridgehead atoms. The Hall–Kier alpha value is -1.62. The zero-order chi connectivity index (χ0) is 16.8. The lowest BCUT2D eigenvalue weighted by Gasteiger charge is -2.10. The Morgan fingerprint density at radius 3 is 2.65 bits per heavy atom. The molecule has 2 rings (SSSR count). The van der Waals surface area contributed by atoms with E-state index in [4.69, 9.17) is 9.15 Å². The van der Waals surface area contributed by atoms with Crippen LogP contribution in [0.4, 0.5) is 0 Å². The minimum atomic E-state index is -0.583. The summed E-state index contributed by atoms with van der Waals surface area (Å²) in [6.45, 7) is 4.39. The van der Waals surface area contributed by atoms with E-state index in [2.05, 4.69) is 22.9 Å². The average Bonchev–Trinajstić information content (AvgIpc) is 2.53. The van der Waals surface area contributed by atoms with Crippen molar-refractivity contribution in [3.63, 3.8) is 0 Å². The maximum atomic E-state index is 12.8. The topological polar surface area (TPSA) is 56.5 Å². The van der Waals surface area contributed by atoms with Crippen molar-refractivity contribution in [2.75, 3.05) is 6.61 Å². The largest absolute Gasteiger partial charge is 0.462 e. The molecule has 1 aromatic heterocycles.